The first-order chi connectivity index (χ1) is 9.66. The lowest BCUT2D eigenvalue weighted by Gasteiger charge is -2.12. The number of aromatic nitrogens is 2. The van der Waals surface area contributed by atoms with Crippen LogP contribution >= 0.6 is 11.5 Å². The predicted molar refractivity (Wildman–Crippen MR) is 85.5 cm³/mol. The van der Waals surface area contributed by atoms with E-state index >= 15 is 0 Å². The van der Waals surface area contributed by atoms with Gasteiger partial charge in [0.25, 0.3) is 0 Å². The van der Waals surface area contributed by atoms with Gasteiger partial charge >= 0.3 is 0 Å². The lowest BCUT2D eigenvalue weighted by atomic mass is 9.96. The summed E-state index contributed by atoms with van der Waals surface area (Å²) >= 11 is 1.33. The SMILES string of the molecule is CC(C)(C)c1nsc(NCc2ccc(S(C)(=O)=O)cc2)n1. The molecule has 0 fully saturated rings. The van der Waals surface area contributed by atoms with Crippen molar-refractivity contribution < 1.29 is 8.42 Å². The lowest BCUT2D eigenvalue weighted by Crippen LogP contribution is -2.13. The zero-order valence-electron chi connectivity index (χ0n) is 12.5. The van der Waals surface area contributed by atoms with Crippen molar-refractivity contribution in [3.05, 3.63) is 35.7 Å². The summed E-state index contributed by atoms with van der Waals surface area (Å²) in [4.78, 5) is 4.78. The van der Waals surface area contributed by atoms with Gasteiger partial charge in [0.05, 0.1) is 4.90 Å². The molecule has 7 heteroatoms. The van der Waals surface area contributed by atoms with Crippen molar-refractivity contribution in [2.75, 3.05) is 11.6 Å². The molecule has 0 spiro atoms. The van der Waals surface area contributed by atoms with Crippen LogP contribution in [0.4, 0.5) is 5.13 Å². The van der Waals surface area contributed by atoms with E-state index in [1.54, 1.807) is 24.3 Å². The lowest BCUT2D eigenvalue weighted by molar-refractivity contribution is 0.555. The van der Waals surface area contributed by atoms with Crippen LogP contribution in [-0.4, -0.2) is 24.0 Å². The van der Waals surface area contributed by atoms with Gasteiger partial charge in [-0.05, 0) is 17.7 Å². The third-order valence-electron chi connectivity index (χ3n) is 2.89. The van der Waals surface area contributed by atoms with Crippen molar-refractivity contribution in [1.29, 1.82) is 0 Å². The smallest absolute Gasteiger partial charge is 0.202 e. The molecule has 0 radical (unpaired) electrons. The third kappa shape index (κ3) is 4.25. The molecule has 0 unspecified atom stereocenters. The van der Waals surface area contributed by atoms with E-state index in [9.17, 15) is 8.42 Å². The highest BCUT2D eigenvalue weighted by Crippen LogP contribution is 2.23. The summed E-state index contributed by atoms with van der Waals surface area (Å²) in [6, 6.07) is 6.84. The van der Waals surface area contributed by atoms with Crippen molar-refractivity contribution in [1.82, 2.24) is 9.36 Å². The first-order valence-electron chi connectivity index (χ1n) is 6.53. The normalized spacial score (nSPS) is 12.4. The van der Waals surface area contributed by atoms with Crippen molar-refractivity contribution in [2.45, 2.75) is 37.6 Å². The predicted octanol–water partition coefficient (Wildman–Crippen LogP) is 2.85. The molecule has 0 saturated carbocycles. The standard InChI is InChI=1S/C14H19N3O2S2/c1-14(2,3)12-16-13(20-17-12)15-9-10-5-7-11(8-6-10)21(4,18)19/h5-8H,9H2,1-4H3,(H,15,16,17). The second-order valence-corrected chi connectivity index (χ2v) is 8.71. The number of sulfone groups is 1. The number of nitrogens with zero attached hydrogens (tertiary/aromatic N) is 2. The van der Waals surface area contributed by atoms with E-state index < -0.39 is 9.84 Å². The summed E-state index contributed by atoms with van der Waals surface area (Å²) in [7, 11) is -3.14. The average molecular weight is 325 g/mol. The molecule has 21 heavy (non-hydrogen) atoms. The fraction of sp³-hybridized carbons (Fsp3) is 0.429. The number of hydrogen-bond acceptors (Lipinski definition) is 6. The minimum atomic E-state index is -3.14. The second kappa shape index (κ2) is 5.73. The van der Waals surface area contributed by atoms with E-state index in [0.29, 0.717) is 11.4 Å². The van der Waals surface area contributed by atoms with E-state index in [-0.39, 0.29) is 5.41 Å². The Kier molecular flexibility index (Phi) is 4.34. The summed E-state index contributed by atoms with van der Waals surface area (Å²) in [5, 5.41) is 3.98. The minimum absolute atomic E-state index is 0.0619. The van der Waals surface area contributed by atoms with E-state index in [4.69, 9.17) is 0 Å². The second-order valence-electron chi connectivity index (χ2n) is 5.94. The zero-order chi connectivity index (χ0) is 15.7. The summed E-state index contributed by atoms with van der Waals surface area (Å²) < 4.78 is 27.1. The van der Waals surface area contributed by atoms with Crippen LogP contribution in [0, 0.1) is 0 Å². The van der Waals surface area contributed by atoms with E-state index in [2.05, 4.69) is 35.4 Å². The maximum atomic E-state index is 11.4. The number of rotatable bonds is 4. The van der Waals surface area contributed by atoms with Gasteiger partial charge in [-0.2, -0.15) is 4.37 Å². The fourth-order valence-corrected chi connectivity index (χ4v) is 3.01. The molecule has 1 heterocycles. The molecule has 5 nitrogen and oxygen atoms in total. The molecule has 0 aliphatic carbocycles. The summed E-state index contributed by atoms with van der Waals surface area (Å²) in [6.07, 6.45) is 1.20. The van der Waals surface area contributed by atoms with Gasteiger partial charge in [-0.3, -0.25) is 0 Å². The number of anilines is 1. The Labute approximate surface area is 129 Å². The molecule has 2 aromatic rings. The van der Waals surface area contributed by atoms with Gasteiger partial charge in [0.1, 0.15) is 5.82 Å². The van der Waals surface area contributed by atoms with Gasteiger partial charge in [-0.1, -0.05) is 32.9 Å². The monoisotopic (exact) mass is 325 g/mol. The first kappa shape index (κ1) is 15.9. The maximum Gasteiger partial charge on any atom is 0.202 e. The molecule has 0 atom stereocenters. The third-order valence-corrected chi connectivity index (χ3v) is 4.69. The number of nitrogens with one attached hydrogen (secondary N) is 1. The van der Waals surface area contributed by atoms with E-state index in [0.717, 1.165) is 16.5 Å². The first-order valence-corrected chi connectivity index (χ1v) is 9.20. The molecule has 0 aliphatic heterocycles. The number of benzene rings is 1. The van der Waals surface area contributed by atoms with Crippen LogP contribution < -0.4 is 5.32 Å². The fourth-order valence-electron chi connectivity index (χ4n) is 1.63. The van der Waals surface area contributed by atoms with Gasteiger partial charge in [0.15, 0.2) is 9.84 Å². The maximum absolute atomic E-state index is 11.4. The highest BCUT2D eigenvalue weighted by molar-refractivity contribution is 7.90. The van der Waals surface area contributed by atoms with Gasteiger partial charge in [0, 0.05) is 29.7 Å². The van der Waals surface area contributed by atoms with Crippen LogP contribution in [0.5, 0.6) is 0 Å². The molecular weight excluding hydrogens is 306 g/mol. The largest absolute Gasteiger partial charge is 0.356 e. The quantitative estimate of drug-likeness (QED) is 0.936. The van der Waals surface area contributed by atoms with Gasteiger partial charge < -0.3 is 5.32 Å². The molecule has 0 amide bonds. The minimum Gasteiger partial charge on any atom is -0.356 e. The highest BCUT2D eigenvalue weighted by atomic mass is 32.2. The topological polar surface area (TPSA) is 72.0 Å². The Morgan fingerprint density at radius 3 is 2.29 bits per heavy atom. The van der Waals surface area contributed by atoms with Gasteiger partial charge in [0.2, 0.25) is 5.13 Å². The summed E-state index contributed by atoms with van der Waals surface area (Å²) in [6.45, 7) is 6.80. The molecule has 1 N–H and O–H groups in total. The Morgan fingerprint density at radius 2 is 1.81 bits per heavy atom. The molecule has 1 aromatic heterocycles. The molecule has 1 aromatic carbocycles. The zero-order valence-corrected chi connectivity index (χ0v) is 14.2. The summed E-state index contributed by atoms with van der Waals surface area (Å²) in [5.74, 6) is 0.822. The molecule has 114 valence electrons. The van der Waals surface area contributed by atoms with Crippen LogP contribution in [0.15, 0.2) is 29.2 Å². The Balaban J connectivity index is 2.02. The van der Waals surface area contributed by atoms with Crippen molar-refractivity contribution in [2.24, 2.45) is 0 Å². The van der Waals surface area contributed by atoms with Crippen molar-refractivity contribution in [3.8, 4) is 0 Å². The van der Waals surface area contributed by atoms with E-state index in [1.807, 2.05) is 0 Å². The molecule has 0 saturated heterocycles. The van der Waals surface area contributed by atoms with E-state index in [1.165, 1.54) is 17.8 Å². The van der Waals surface area contributed by atoms with Crippen LogP contribution in [-0.2, 0) is 21.8 Å². The highest BCUT2D eigenvalue weighted by Gasteiger charge is 2.19. The van der Waals surface area contributed by atoms with Crippen LogP contribution in [0.1, 0.15) is 32.2 Å². The Bertz CT molecular complexity index is 713. The Morgan fingerprint density at radius 1 is 1.19 bits per heavy atom. The van der Waals surface area contributed by atoms with Crippen LogP contribution in [0.3, 0.4) is 0 Å². The van der Waals surface area contributed by atoms with Crippen molar-refractivity contribution >= 4 is 26.5 Å². The Hall–Kier alpha value is -1.47. The van der Waals surface area contributed by atoms with Gasteiger partial charge in [-0.15, -0.1) is 0 Å². The van der Waals surface area contributed by atoms with Crippen LogP contribution in [0.25, 0.3) is 0 Å². The molecule has 0 aliphatic rings. The number of hydrogen-bond donors (Lipinski definition) is 1. The van der Waals surface area contributed by atoms with Crippen molar-refractivity contribution in [3.63, 3.8) is 0 Å². The molecule has 2 rings (SSSR count). The summed E-state index contributed by atoms with van der Waals surface area (Å²) in [5.41, 5.74) is 0.933. The van der Waals surface area contributed by atoms with Gasteiger partial charge in [-0.25, -0.2) is 13.4 Å². The average Bonchev–Trinajstić information content (AvgIpc) is 2.84. The molecule has 0 bridgehead atoms. The van der Waals surface area contributed by atoms with Crippen LogP contribution in [0.2, 0.25) is 0 Å². The molecular formula is C14H19N3O2S2.